The fourth-order valence-electron chi connectivity index (χ4n) is 3.73. The van der Waals surface area contributed by atoms with E-state index >= 15 is 0 Å². The topological polar surface area (TPSA) is 47.1 Å². The largest absolute Gasteiger partial charge is 0.340 e. The summed E-state index contributed by atoms with van der Waals surface area (Å²) in [6.07, 6.45) is -0.798. The Hall–Kier alpha value is -2.25. The van der Waals surface area contributed by atoms with Crippen molar-refractivity contribution in [3.05, 3.63) is 58.6 Å². The third kappa shape index (κ3) is 3.33. The maximum absolute atomic E-state index is 14.0. The highest BCUT2D eigenvalue weighted by atomic mass is 35.5. The highest BCUT2D eigenvalue weighted by Crippen LogP contribution is 2.33. The van der Waals surface area contributed by atoms with Crippen LogP contribution in [0.25, 0.3) is 11.0 Å². The van der Waals surface area contributed by atoms with Crippen LogP contribution in [-0.2, 0) is 0 Å². The normalized spacial score (nSPS) is 21.3. The fraction of sp³-hybridized carbons (Fsp3) is 0.350. The van der Waals surface area contributed by atoms with Crippen LogP contribution >= 0.6 is 11.6 Å². The maximum atomic E-state index is 14.0. The van der Waals surface area contributed by atoms with Gasteiger partial charge in [-0.15, -0.1) is 0 Å². The van der Waals surface area contributed by atoms with E-state index in [1.807, 2.05) is 34.6 Å². The van der Waals surface area contributed by atoms with Gasteiger partial charge in [-0.1, -0.05) is 23.7 Å². The van der Waals surface area contributed by atoms with Crippen molar-refractivity contribution in [2.75, 3.05) is 18.0 Å². The number of aromatic nitrogens is 2. The SMILES string of the molecule is CC(c1cccc(Cl)c1)n1c(N2CCC(F)[C@H](N)C2)nc2cc(F)c(F)cc21. The van der Waals surface area contributed by atoms with E-state index in [4.69, 9.17) is 17.3 Å². The number of anilines is 1. The average Bonchev–Trinajstić information content (AvgIpc) is 3.02. The zero-order valence-electron chi connectivity index (χ0n) is 15.2. The molecule has 0 amide bonds. The van der Waals surface area contributed by atoms with Gasteiger partial charge in [-0.05, 0) is 31.0 Å². The molecule has 4 rings (SSSR count). The van der Waals surface area contributed by atoms with Crippen molar-refractivity contribution in [3.8, 4) is 0 Å². The number of alkyl halides is 1. The van der Waals surface area contributed by atoms with E-state index < -0.39 is 23.8 Å². The second-order valence-electron chi connectivity index (χ2n) is 7.18. The zero-order chi connectivity index (χ0) is 20.0. The number of benzene rings is 2. The molecule has 0 bridgehead atoms. The highest BCUT2D eigenvalue weighted by Gasteiger charge is 2.30. The molecule has 8 heteroatoms. The molecule has 1 aromatic heterocycles. The Morgan fingerprint density at radius 1 is 1.21 bits per heavy atom. The number of piperidine rings is 1. The van der Waals surface area contributed by atoms with Gasteiger partial charge >= 0.3 is 0 Å². The van der Waals surface area contributed by atoms with Crippen molar-refractivity contribution in [2.24, 2.45) is 5.73 Å². The molecule has 28 heavy (non-hydrogen) atoms. The minimum absolute atomic E-state index is 0.261. The van der Waals surface area contributed by atoms with Gasteiger partial charge in [-0.2, -0.15) is 0 Å². The van der Waals surface area contributed by atoms with Crippen LogP contribution in [0.15, 0.2) is 36.4 Å². The molecule has 4 nitrogen and oxygen atoms in total. The van der Waals surface area contributed by atoms with E-state index in [2.05, 4.69) is 4.98 Å². The summed E-state index contributed by atoms with van der Waals surface area (Å²) in [5, 5.41) is 0.577. The monoisotopic (exact) mass is 408 g/mol. The molecule has 1 aliphatic heterocycles. The first-order valence-corrected chi connectivity index (χ1v) is 9.50. The molecule has 0 saturated carbocycles. The smallest absolute Gasteiger partial charge is 0.207 e. The highest BCUT2D eigenvalue weighted by molar-refractivity contribution is 6.30. The Morgan fingerprint density at radius 3 is 2.68 bits per heavy atom. The third-order valence-corrected chi connectivity index (χ3v) is 5.52. The maximum Gasteiger partial charge on any atom is 0.207 e. The molecule has 0 spiro atoms. The lowest BCUT2D eigenvalue weighted by atomic mass is 10.0. The van der Waals surface area contributed by atoms with Crippen LogP contribution in [0.1, 0.15) is 24.9 Å². The number of hydrogen-bond donors (Lipinski definition) is 1. The predicted molar refractivity (Wildman–Crippen MR) is 105 cm³/mol. The first-order chi connectivity index (χ1) is 13.3. The summed E-state index contributed by atoms with van der Waals surface area (Å²) >= 11 is 6.14. The van der Waals surface area contributed by atoms with Crippen LogP contribution in [0.4, 0.5) is 19.1 Å². The Labute approximate surface area is 165 Å². The van der Waals surface area contributed by atoms with Crippen molar-refractivity contribution in [1.29, 1.82) is 0 Å². The molecule has 1 fully saturated rings. The molecule has 2 unspecified atom stereocenters. The summed E-state index contributed by atoms with van der Waals surface area (Å²) in [5.41, 5.74) is 7.59. The predicted octanol–water partition coefficient (Wildman–Crippen LogP) is 4.45. The van der Waals surface area contributed by atoms with Crippen molar-refractivity contribution in [1.82, 2.24) is 9.55 Å². The molecular formula is C20H20ClF3N4. The molecule has 2 heterocycles. The van der Waals surface area contributed by atoms with Crippen molar-refractivity contribution < 1.29 is 13.2 Å². The van der Waals surface area contributed by atoms with Gasteiger partial charge in [0.2, 0.25) is 5.95 Å². The summed E-state index contributed by atoms with van der Waals surface area (Å²) in [6, 6.07) is 8.65. The van der Waals surface area contributed by atoms with Gasteiger partial charge in [0.05, 0.1) is 23.1 Å². The van der Waals surface area contributed by atoms with Crippen molar-refractivity contribution >= 4 is 28.6 Å². The molecule has 148 valence electrons. The molecular weight excluding hydrogens is 389 g/mol. The summed E-state index contributed by atoms with van der Waals surface area (Å²) in [5.74, 6) is -1.40. The fourth-order valence-corrected chi connectivity index (χ4v) is 3.93. The average molecular weight is 409 g/mol. The van der Waals surface area contributed by atoms with Gasteiger partial charge in [-0.25, -0.2) is 18.2 Å². The number of hydrogen-bond acceptors (Lipinski definition) is 3. The molecule has 0 radical (unpaired) electrons. The molecule has 1 aliphatic rings. The molecule has 1 saturated heterocycles. The Kier molecular flexibility index (Phi) is 4.97. The van der Waals surface area contributed by atoms with E-state index in [1.165, 1.54) is 0 Å². The summed E-state index contributed by atoms with van der Waals surface area (Å²) in [4.78, 5) is 6.41. The number of nitrogens with two attached hydrogens (primary N) is 1. The second kappa shape index (κ2) is 7.29. The molecule has 0 aliphatic carbocycles. The Balaban J connectivity index is 1.87. The van der Waals surface area contributed by atoms with E-state index in [0.717, 1.165) is 17.7 Å². The van der Waals surface area contributed by atoms with Gasteiger partial charge < -0.3 is 15.2 Å². The standard InChI is InChI=1S/C20H20ClF3N4/c1-11(12-3-2-4-13(21)7-12)28-19-9-16(24)15(23)8-18(19)26-20(28)27-6-5-14(22)17(25)10-27/h2-4,7-9,11,14,17H,5-6,10,25H2,1H3/t11?,14?,17-/m1/s1. The van der Waals surface area contributed by atoms with Crippen LogP contribution < -0.4 is 10.6 Å². The van der Waals surface area contributed by atoms with Crippen LogP contribution in [-0.4, -0.2) is 34.9 Å². The van der Waals surface area contributed by atoms with Gasteiger partial charge in [0.25, 0.3) is 0 Å². The van der Waals surface area contributed by atoms with Crippen molar-refractivity contribution in [3.63, 3.8) is 0 Å². The first-order valence-electron chi connectivity index (χ1n) is 9.12. The van der Waals surface area contributed by atoms with Crippen LogP contribution in [0, 0.1) is 11.6 Å². The van der Waals surface area contributed by atoms with Gasteiger partial charge in [0, 0.05) is 30.2 Å². The van der Waals surface area contributed by atoms with Gasteiger partial charge in [0.1, 0.15) is 6.17 Å². The van der Waals surface area contributed by atoms with Crippen LogP contribution in [0.5, 0.6) is 0 Å². The Morgan fingerprint density at radius 2 is 1.96 bits per heavy atom. The van der Waals surface area contributed by atoms with Gasteiger partial charge in [-0.3, -0.25) is 0 Å². The summed E-state index contributed by atoms with van der Waals surface area (Å²) < 4.78 is 43.5. The zero-order valence-corrected chi connectivity index (χ0v) is 16.0. The van der Waals surface area contributed by atoms with E-state index in [9.17, 15) is 13.2 Å². The number of imidazole rings is 1. The first kappa shape index (κ1) is 19.1. The van der Waals surface area contributed by atoms with Crippen LogP contribution in [0.3, 0.4) is 0 Å². The number of rotatable bonds is 3. The minimum atomic E-state index is -1.07. The minimum Gasteiger partial charge on any atom is -0.340 e. The molecule has 2 aromatic carbocycles. The second-order valence-corrected chi connectivity index (χ2v) is 7.62. The van der Waals surface area contributed by atoms with Crippen molar-refractivity contribution in [2.45, 2.75) is 31.6 Å². The lowest BCUT2D eigenvalue weighted by Gasteiger charge is -2.35. The van der Waals surface area contributed by atoms with E-state index in [1.54, 1.807) is 6.07 Å². The molecule has 3 aromatic rings. The van der Waals surface area contributed by atoms with E-state index in [-0.39, 0.29) is 19.0 Å². The number of fused-ring (bicyclic) bond motifs is 1. The lowest BCUT2D eigenvalue weighted by Crippen LogP contribution is -2.50. The lowest BCUT2D eigenvalue weighted by molar-refractivity contribution is 0.243. The third-order valence-electron chi connectivity index (χ3n) is 5.28. The van der Waals surface area contributed by atoms with Crippen LogP contribution in [0.2, 0.25) is 5.02 Å². The summed E-state index contributed by atoms with van der Waals surface area (Å²) in [6.45, 7) is 2.63. The number of nitrogens with zero attached hydrogens (tertiary/aromatic N) is 3. The summed E-state index contributed by atoms with van der Waals surface area (Å²) in [7, 11) is 0. The molecule has 3 atom stereocenters. The van der Waals surface area contributed by atoms with Gasteiger partial charge in [0.15, 0.2) is 11.6 Å². The Bertz CT molecular complexity index is 1020. The quantitative estimate of drug-likeness (QED) is 0.696. The molecule has 2 N–H and O–H groups in total. The van der Waals surface area contributed by atoms with E-state index in [0.29, 0.717) is 28.5 Å². The number of halogens is 4.